The number of sulfonamides is 2. The maximum atomic E-state index is 12.6. The molecule has 2 aromatic carbocycles. The lowest BCUT2D eigenvalue weighted by molar-refractivity contribution is -0.140. The van der Waals surface area contributed by atoms with Crippen molar-refractivity contribution in [3.8, 4) is 0 Å². The summed E-state index contributed by atoms with van der Waals surface area (Å²) in [4.78, 5) is 11.2. The van der Waals surface area contributed by atoms with Crippen LogP contribution in [0.4, 0.5) is 5.69 Å². The molecule has 11 heteroatoms. The molecule has 9 nitrogen and oxygen atoms in total. The highest BCUT2D eigenvalue weighted by atomic mass is 32.2. The standard InChI is InChI=1S/C18H20N2O7S2/c1-10(2)17(18(21)22)20-29(25,26)12-5-6-13-14-8-11(19-28(3,23)24)4-7-15(14)27-16(13)9-12/h4-10,17,19-20H,1-3H3,(H,21,22)/t17-/m0/s1. The quantitative estimate of drug-likeness (QED) is 0.512. The first-order valence-corrected chi connectivity index (χ1v) is 11.9. The third kappa shape index (κ3) is 4.52. The zero-order valence-corrected chi connectivity index (χ0v) is 17.5. The van der Waals surface area contributed by atoms with E-state index >= 15 is 0 Å². The zero-order valence-electron chi connectivity index (χ0n) is 15.8. The van der Waals surface area contributed by atoms with Crippen LogP contribution in [-0.2, 0) is 24.8 Å². The molecule has 0 aliphatic heterocycles. The monoisotopic (exact) mass is 440 g/mol. The van der Waals surface area contributed by atoms with E-state index in [1.54, 1.807) is 26.0 Å². The summed E-state index contributed by atoms with van der Waals surface area (Å²) in [5, 5.41) is 10.4. The SMILES string of the molecule is CC(C)[C@H](NS(=O)(=O)c1ccc2c(c1)oc1ccc(NS(C)(=O)=O)cc12)C(=O)O. The van der Waals surface area contributed by atoms with E-state index in [0.29, 0.717) is 22.0 Å². The summed E-state index contributed by atoms with van der Waals surface area (Å²) in [6.07, 6.45) is 1.04. The number of carbonyl (C=O) groups is 1. The Morgan fingerprint density at radius 1 is 1.00 bits per heavy atom. The highest BCUT2D eigenvalue weighted by Gasteiger charge is 2.28. The smallest absolute Gasteiger partial charge is 0.322 e. The maximum Gasteiger partial charge on any atom is 0.322 e. The van der Waals surface area contributed by atoms with Crippen molar-refractivity contribution in [1.29, 1.82) is 0 Å². The molecule has 0 saturated carbocycles. The molecule has 1 heterocycles. The lowest BCUT2D eigenvalue weighted by Crippen LogP contribution is -2.44. The molecule has 0 aliphatic carbocycles. The molecule has 156 valence electrons. The molecule has 1 aromatic heterocycles. The average Bonchev–Trinajstić information content (AvgIpc) is 2.95. The molecule has 0 bridgehead atoms. The van der Waals surface area contributed by atoms with Gasteiger partial charge in [-0.3, -0.25) is 9.52 Å². The Morgan fingerprint density at radius 3 is 2.28 bits per heavy atom. The summed E-state index contributed by atoms with van der Waals surface area (Å²) < 4.78 is 58.4. The average molecular weight is 440 g/mol. The van der Waals surface area contributed by atoms with Crippen molar-refractivity contribution in [2.24, 2.45) is 5.92 Å². The van der Waals surface area contributed by atoms with Crippen LogP contribution < -0.4 is 9.44 Å². The van der Waals surface area contributed by atoms with E-state index in [-0.39, 0.29) is 10.5 Å². The number of hydrogen-bond donors (Lipinski definition) is 3. The molecule has 0 spiro atoms. The number of rotatable bonds is 7. The Labute approximate surface area is 167 Å². The molecule has 0 unspecified atom stereocenters. The fourth-order valence-electron chi connectivity index (χ4n) is 2.91. The maximum absolute atomic E-state index is 12.6. The van der Waals surface area contributed by atoms with E-state index in [9.17, 15) is 26.7 Å². The van der Waals surface area contributed by atoms with Crippen LogP contribution in [0.3, 0.4) is 0 Å². The lowest BCUT2D eigenvalue weighted by Gasteiger charge is -2.17. The predicted octanol–water partition coefficient (Wildman–Crippen LogP) is 2.34. The van der Waals surface area contributed by atoms with Crippen LogP contribution in [0.5, 0.6) is 0 Å². The van der Waals surface area contributed by atoms with E-state index < -0.39 is 38.0 Å². The number of aliphatic carboxylic acids is 1. The van der Waals surface area contributed by atoms with Crippen LogP contribution in [0, 0.1) is 5.92 Å². The molecule has 0 radical (unpaired) electrons. The molecule has 0 fully saturated rings. The van der Waals surface area contributed by atoms with Gasteiger partial charge >= 0.3 is 5.97 Å². The van der Waals surface area contributed by atoms with Crippen LogP contribution >= 0.6 is 0 Å². The van der Waals surface area contributed by atoms with Gasteiger partial charge in [0, 0.05) is 22.5 Å². The van der Waals surface area contributed by atoms with Gasteiger partial charge in [0.1, 0.15) is 17.2 Å². The summed E-state index contributed by atoms with van der Waals surface area (Å²) in [6.45, 7) is 3.21. The predicted molar refractivity (Wildman–Crippen MR) is 109 cm³/mol. The Hall–Kier alpha value is -2.63. The largest absolute Gasteiger partial charge is 0.480 e. The molecule has 1 atom stereocenters. The topological polar surface area (TPSA) is 143 Å². The van der Waals surface area contributed by atoms with E-state index in [0.717, 1.165) is 6.26 Å². The van der Waals surface area contributed by atoms with E-state index in [2.05, 4.69) is 9.44 Å². The van der Waals surface area contributed by atoms with Gasteiger partial charge < -0.3 is 9.52 Å². The minimum absolute atomic E-state index is 0.134. The third-order valence-electron chi connectivity index (χ3n) is 4.27. The molecule has 3 N–H and O–H groups in total. The molecule has 0 saturated heterocycles. The fourth-order valence-corrected chi connectivity index (χ4v) is 4.82. The van der Waals surface area contributed by atoms with E-state index in [4.69, 9.17) is 4.42 Å². The van der Waals surface area contributed by atoms with Crippen molar-refractivity contribution in [3.63, 3.8) is 0 Å². The van der Waals surface area contributed by atoms with Gasteiger partial charge in [-0.25, -0.2) is 16.8 Å². The lowest BCUT2D eigenvalue weighted by atomic mass is 10.1. The van der Waals surface area contributed by atoms with Crippen molar-refractivity contribution < 1.29 is 31.2 Å². The summed E-state index contributed by atoms with van der Waals surface area (Å²) in [5.41, 5.74) is 1.07. The van der Waals surface area contributed by atoms with Crippen molar-refractivity contribution in [2.45, 2.75) is 24.8 Å². The van der Waals surface area contributed by atoms with Crippen LogP contribution in [-0.4, -0.2) is 40.2 Å². The van der Waals surface area contributed by atoms with Crippen LogP contribution in [0.25, 0.3) is 21.9 Å². The van der Waals surface area contributed by atoms with Gasteiger partial charge in [0.05, 0.1) is 11.2 Å². The number of carboxylic acid groups (broad SMARTS) is 1. The zero-order chi connectivity index (χ0) is 21.6. The molecule has 3 aromatic rings. The van der Waals surface area contributed by atoms with Gasteiger partial charge in [-0.05, 0) is 36.2 Å². The number of anilines is 1. The van der Waals surface area contributed by atoms with Crippen molar-refractivity contribution in [3.05, 3.63) is 36.4 Å². The van der Waals surface area contributed by atoms with Crippen LogP contribution in [0.15, 0.2) is 45.7 Å². The summed E-state index contributed by atoms with van der Waals surface area (Å²) >= 11 is 0. The summed E-state index contributed by atoms with van der Waals surface area (Å²) in [5.74, 6) is -1.71. The molecule has 0 aliphatic rings. The number of carboxylic acids is 1. The fraction of sp³-hybridized carbons (Fsp3) is 0.278. The molecular weight excluding hydrogens is 420 g/mol. The Balaban J connectivity index is 2.04. The number of nitrogens with one attached hydrogen (secondary N) is 2. The highest BCUT2D eigenvalue weighted by molar-refractivity contribution is 7.92. The summed E-state index contributed by atoms with van der Waals surface area (Å²) in [6, 6.07) is 7.62. The van der Waals surface area contributed by atoms with Gasteiger partial charge in [-0.15, -0.1) is 0 Å². The van der Waals surface area contributed by atoms with E-state index in [1.165, 1.54) is 24.3 Å². The number of benzene rings is 2. The van der Waals surface area contributed by atoms with Gasteiger partial charge in [-0.1, -0.05) is 13.8 Å². The van der Waals surface area contributed by atoms with Crippen LogP contribution in [0.1, 0.15) is 13.8 Å². The highest BCUT2D eigenvalue weighted by Crippen LogP contribution is 2.32. The second-order valence-corrected chi connectivity index (χ2v) is 10.5. The minimum atomic E-state index is -4.09. The second-order valence-electron chi connectivity index (χ2n) is 7.03. The molecule has 29 heavy (non-hydrogen) atoms. The van der Waals surface area contributed by atoms with Crippen molar-refractivity contribution in [1.82, 2.24) is 4.72 Å². The number of furan rings is 1. The summed E-state index contributed by atoms with van der Waals surface area (Å²) in [7, 11) is -7.54. The minimum Gasteiger partial charge on any atom is -0.480 e. The second kappa shape index (κ2) is 7.32. The Bertz CT molecular complexity index is 1310. The van der Waals surface area contributed by atoms with Gasteiger partial charge in [-0.2, -0.15) is 4.72 Å². The first-order chi connectivity index (χ1) is 13.4. The van der Waals surface area contributed by atoms with Gasteiger partial charge in [0.15, 0.2) is 0 Å². The third-order valence-corrected chi connectivity index (χ3v) is 6.32. The Kier molecular flexibility index (Phi) is 5.32. The normalized spacial score (nSPS) is 13.8. The number of hydrogen-bond acceptors (Lipinski definition) is 6. The van der Waals surface area contributed by atoms with Crippen molar-refractivity contribution >= 4 is 53.6 Å². The van der Waals surface area contributed by atoms with E-state index in [1.807, 2.05) is 0 Å². The molecule has 3 rings (SSSR count). The van der Waals surface area contributed by atoms with Gasteiger partial charge in [0.2, 0.25) is 20.0 Å². The first kappa shape index (κ1) is 21.1. The van der Waals surface area contributed by atoms with Crippen molar-refractivity contribution in [2.75, 3.05) is 11.0 Å². The van der Waals surface area contributed by atoms with Gasteiger partial charge in [0.25, 0.3) is 0 Å². The first-order valence-electron chi connectivity index (χ1n) is 8.56. The van der Waals surface area contributed by atoms with Crippen LogP contribution in [0.2, 0.25) is 0 Å². The Morgan fingerprint density at radius 2 is 1.69 bits per heavy atom. The molecule has 0 amide bonds. The number of fused-ring (bicyclic) bond motifs is 3. The molecular formula is C18H20N2O7S2.